The summed E-state index contributed by atoms with van der Waals surface area (Å²) in [6.45, 7) is 2.27. The normalized spacial score (nSPS) is 16.0. The highest BCUT2D eigenvalue weighted by Crippen LogP contribution is 2.42. The van der Waals surface area contributed by atoms with Gasteiger partial charge < -0.3 is 14.2 Å². The number of fused-ring (bicyclic) bond motifs is 3. The molecule has 3 aromatic rings. The molecule has 2 aromatic heterocycles. The Bertz CT molecular complexity index is 1010. The second-order valence-electron chi connectivity index (χ2n) is 6.67. The van der Waals surface area contributed by atoms with Crippen molar-refractivity contribution < 1.29 is 19.0 Å². The SMILES string of the molecule is COC(=O)c1ccc(OC)cc1Oc1ncnc2sc3c(c12)CC[C@@H](C)C3. The Kier molecular flexibility index (Phi) is 4.70. The van der Waals surface area contributed by atoms with Gasteiger partial charge >= 0.3 is 5.97 Å². The van der Waals surface area contributed by atoms with Crippen molar-refractivity contribution >= 4 is 27.5 Å². The fourth-order valence-electron chi connectivity index (χ4n) is 3.42. The lowest BCUT2D eigenvalue weighted by molar-refractivity contribution is 0.0598. The number of carbonyl (C=O) groups is 1. The largest absolute Gasteiger partial charge is 0.497 e. The Morgan fingerprint density at radius 2 is 2.11 bits per heavy atom. The molecule has 0 aliphatic heterocycles. The molecule has 27 heavy (non-hydrogen) atoms. The van der Waals surface area contributed by atoms with E-state index >= 15 is 0 Å². The van der Waals surface area contributed by atoms with Crippen molar-refractivity contribution in [3.63, 3.8) is 0 Å². The molecule has 4 rings (SSSR count). The number of rotatable bonds is 4. The molecule has 0 radical (unpaired) electrons. The van der Waals surface area contributed by atoms with Crippen LogP contribution < -0.4 is 9.47 Å². The van der Waals surface area contributed by atoms with Gasteiger partial charge in [0.15, 0.2) is 0 Å². The molecule has 7 heteroatoms. The zero-order chi connectivity index (χ0) is 19.0. The van der Waals surface area contributed by atoms with E-state index in [2.05, 4.69) is 16.9 Å². The molecule has 0 fully saturated rings. The van der Waals surface area contributed by atoms with Crippen molar-refractivity contribution in [2.24, 2.45) is 5.92 Å². The molecule has 1 aliphatic rings. The Hall–Kier alpha value is -2.67. The Balaban J connectivity index is 1.81. The van der Waals surface area contributed by atoms with Gasteiger partial charge in [0, 0.05) is 10.9 Å². The molecule has 0 spiro atoms. The number of ether oxygens (including phenoxy) is 3. The minimum absolute atomic E-state index is 0.322. The third kappa shape index (κ3) is 3.23. The first-order chi connectivity index (χ1) is 13.1. The molecular formula is C20H20N2O4S. The zero-order valence-corrected chi connectivity index (χ0v) is 16.3. The molecule has 1 aromatic carbocycles. The second kappa shape index (κ2) is 7.15. The number of aromatic nitrogens is 2. The second-order valence-corrected chi connectivity index (χ2v) is 7.75. The fraction of sp³-hybridized carbons (Fsp3) is 0.350. The molecule has 0 unspecified atom stereocenters. The number of aryl methyl sites for hydroxylation is 1. The molecule has 0 amide bonds. The quantitative estimate of drug-likeness (QED) is 0.621. The van der Waals surface area contributed by atoms with Crippen LogP contribution in [0.3, 0.4) is 0 Å². The number of esters is 1. The summed E-state index contributed by atoms with van der Waals surface area (Å²) in [5.41, 5.74) is 1.59. The number of methoxy groups -OCH3 is 2. The smallest absolute Gasteiger partial charge is 0.341 e. The maximum Gasteiger partial charge on any atom is 0.341 e. The topological polar surface area (TPSA) is 70.5 Å². The molecule has 1 aliphatic carbocycles. The van der Waals surface area contributed by atoms with Crippen molar-refractivity contribution in [3.05, 3.63) is 40.5 Å². The molecule has 2 heterocycles. The van der Waals surface area contributed by atoms with Gasteiger partial charge in [-0.25, -0.2) is 14.8 Å². The lowest BCUT2D eigenvalue weighted by atomic mass is 9.89. The summed E-state index contributed by atoms with van der Waals surface area (Å²) in [5, 5.41) is 0.947. The van der Waals surface area contributed by atoms with Crippen molar-refractivity contribution in [1.29, 1.82) is 0 Å². The Morgan fingerprint density at radius 1 is 1.26 bits per heavy atom. The summed E-state index contributed by atoms with van der Waals surface area (Å²) in [6.07, 6.45) is 4.69. The maximum atomic E-state index is 12.1. The fourth-order valence-corrected chi connectivity index (χ4v) is 4.76. The summed E-state index contributed by atoms with van der Waals surface area (Å²) in [6, 6.07) is 4.99. The molecule has 0 N–H and O–H groups in total. The highest BCUT2D eigenvalue weighted by molar-refractivity contribution is 7.18. The molecule has 6 nitrogen and oxygen atoms in total. The molecule has 1 atom stereocenters. The highest BCUT2D eigenvalue weighted by atomic mass is 32.1. The first-order valence-electron chi connectivity index (χ1n) is 8.80. The van der Waals surface area contributed by atoms with Crippen molar-refractivity contribution in [3.8, 4) is 17.4 Å². The van der Waals surface area contributed by atoms with Crippen LogP contribution in [-0.2, 0) is 17.6 Å². The summed E-state index contributed by atoms with van der Waals surface area (Å²) >= 11 is 1.70. The maximum absolute atomic E-state index is 12.1. The summed E-state index contributed by atoms with van der Waals surface area (Å²) in [5.74, 6) is 1.60. The number of thiophene rings is 1. The van der Waals surface area contributed by atoms with Gasteiger partial charge in [-0.05, 0) is 42.9 Å². The third-order valence-electron chi connectivity index (χ3n) is 4.86. The minimum atomic E-state index is -0.473. The van der Waals surface area contributed by atoms with E-state index in [1.807, 2.05) is 0 Å². The molecule has 0 bridgehead atoms. The van der Waals surface area contributed by atoms with Crippen LogP contribution in [0.2, 0.25) is 0 Å². The molecule has 0 saturated heterocycles. The van der Waals surface area contributed by atoms with Crippen LogP contribution in [0.4, 0.5) is 0 Å². The summed E-state index contributed by atoms with van der Waals surface area (Å²) < 4.78 is 16.3. The number of benzene rings is 1. The first-order valence-corrected chi connectivity index (χ1v) is 9.61. The summed E-state index contributed by atoms with van der Waals surface area (Å²) in [4.78, 5) is 23.2. The van der Waals surface area contributed by atoms with Gasteiger partial charge in [-0.1, -0.05) is 6.92 Å². The van der Waals surface area contributed by atoms with Crippen LogP contribution in [0.1, 0.15) is 34.1 Å². The Labute approximate surface area is 161 Å². The van der Waals surface area contributed by atoms with Gasteiger partial charge in [-0.2, -0.15) is 0 Å². The molecule has 0 saturated carbocycles. The highest BCUT2D eigenvalue weighted by Gasteiger charge is 2.25. The van der Waals surface area contributed by atoms with Crippen LogP contribution in [0, 0.1) is 5.92 Å². The minimum Gasteiger partial charge on any atom is -0.497 e. The van der Waals surface area contributed by atoms with Crippen LogP contribution in [0.25, 0.3) is 10.2 Å². The van der Waals surface area contributed by atoms with Gasteiger partial charge in [0.1, 0.15) is 28.2 Å². The van der Waals surface area contributed by atoms with Gasteiger partial charge in [-0.3, -0.25) is 0 Å². The van der Waals surface area contributed by atoms with Crippen LogP contribution in [-0.4, -0.2) is 30.2 Å². The van der Waals surface area contributed by atoms with Crippen LogP contribution in [0.15, 0.2) is 24.5 Å². The van der Waals surface area contributed by atoms with Gasteiger partial charge in [-0.15, -0.1) is 11.3 Å². The van der Waals surface area contributed by atoms with Gasteiger partial charge in [0.05, 0.1) is 19.6 Å². The van der Waals surface area contributed by atoms with Gasteiger partial charge in [0.25, 0.3) is 0 Å². The van der Waals surface area contributed by atoms with Gasteiger partial charge in [0.2, 0.25) is 5.88 Å². The van der Waals surface area contributed by atoms with E-state index in [0.717, 1.165) is 29.5 Å². The van der Waals surface area contributed by atoms with Crippen molar-refractivity contribution in [2.75, 3.05) is 14.2 Å². The van der Waals surface area contributed by atoms with E-state index in [0.29, 0.717) is 28.9 Å². The van der Waals surface area contributed by atoms with Crippen molar-refractivity contribution in [2.45, 2.75) is 26.2 Å². The van der Waals surface area contributed by atoms with E-state index < -0.39 is 5.97 Å². The first kappa shape index (κ1) is 17.7. The Morgan fingerprint density at radius 3 is 2.89 bits per heavy atom. The lowest BCUT2D eigenvalue weighted by Gasteiger charge is -2.18. The average molecular weight is 384 g/mol. The van der Waals surface area contributed by atoms with Crippen LogP contribution >= 0.6 is 11.3 Å². The number of hydrogen-bond donors (Lipinski definition) is 0. The van der Waals surface area contributed by atoms with E-state index in [-0.39, 0.29) is 0 Å². The number of nitrogens with zero attached hydrogens (tertiary/aromatic N) is 2. The van der Waals surface area contributed by atoms with Crippen LogP contribution in [0.5, 0.6) is 17.4 Å². The number of carbonyl (C=O) groups excluding carboxylic acids is 1. The monoisotopic (exact) mass is 384 g/mol. The predicted molar refractivity (Wildman–Crippen MR) is 103 cm³/mol. The molecule has 140 valence electrons. The van der Waals surface area contributed by atoms with E-state index in [9.17, 15) is 4.79 Å². The van der Waals surface area contributed by atoms with E-state index in [4.69, 9.17) is 14.2 Å². The standard InChI is InChI=1S/C20H20N2O4S/c1-11-4-6-14-16(8-11)27-19-17(14)18(21-10-22-19)26-15-9-12(24-2)5-7-13(15)20(23)25-3/h5,7,9-11H,4,6,8H2,1-3H3/t11-/m1/s1. The lowest BCUT2D eigenvalue weighted by Crippen LogP contribution is -2.09. The average Bonchev–Trinajstić information content (AvgIpc) is 3.05. The number of hydrogen-bond acceptors (Lipinski definition) is 7. The third-order valence-corrected chi connectivity index (χ3v) is 6.02. The van der Waals surface area contributed by atoms with E-state index in [1.165, 1.54) is 23.9 Å². The summed E-state index contributed by atoms with van der Waals surface area (Å²) in [7, 11) is 2.91. The van der Waals surface area contributed by atoms with E-state index in [1.54, 1.807) is 36.6 Å². The molecular weight excluding hydrogens is 364 g/mol. The van der Waals surface area contributed by atoms with Crippen molar-refractivity contribution in [1.82, 2.24) is 9.97 Å². The zero-order valence-electron chi connectivity index (χ0n) is 15.4. The predicted octanol–water partition coefficient (Wildman–Crippen LogP) is 4.40.